The molecule has 1 amide bonds. The Morgan fingerprint density at radius 3 is 1.24 bits per heavy atom. The molecule has 0 aliphatic rings. The molecule has 0 aromatic carbocycles. The number of aliphatic hydroxyl groups is 1. The van der Waals surface area contributed by atoms with Crippen molar-refractivity contribution >= 4 is 13.7 Å². The number of nitrogens with one attached hydrogen (secondary N) is 1. The Morgan fingerprint density at radius 1 is 0.532 bits per heavy atom. The molecule has 0 aliphatic carbocycles. The van der Waals surface area contributed by atoms with E-state index in [4.69, 9.17) is 9.05 Å². The summed E-state index contributed by atoms with van der Waals surface area (Å²) in [6.07, 6.45) is 55.5. The lowest BCUT2D eigenvalue weighted by molar-refractivity contribution is -0.870. The zero-order chi connectivity index (χ0) is 45.7. The van der Waals surface area contributed by atoms with E-state index in [0.717, 1.165) is 38.5 Å². The molecule has 0 radical (unpaired) electrons. The van der Waals surface area contributed by atoms with Crippen LogP contribution in [0.3, 0.4) is 0 Å². The third kappa shape index (κ3) is 47.0. The van der Waals surface area contributed by atoms with Gasteiger partial charge < -0.3 is 19.8 Å². The van der Waals surface area contributed by atoms with Gasteiger partial charge in [0.1, 0.15) is 13.2 Å². The Hall–Kier alpha value is -1.02. The first kappa shape index (κ1) is 61.0. The van der Waals surface area contributed by atoms with E-state index >= 15 is 0 Å². The van der Waals surface area contributed by atoms with Crippen molar-refractivity contribution in [1.29, 1.82) is 0 Å². The summed E-state index contributed by atoms with van der Waals surface area (Å²) >= 11 is 0. The average Bonchev–Trinajstić information content (AvgIpc) is 3.23. The molecule has 0 spiro atoms. The molecule has 3 N–H and O–H groups in total. The van der Waals surface area contributed by atoms with Crippen LogP contribution in [0.25, 0.3) is 0 Å². The normalized spacial score (nSPS) is 14.2. The molecule has 9 heteroatoms. The van der Waals surface area contributed by atoms with Gasteiger partial charge in [0, 0.05) is 6.42 Å². The number of hydrogen-bond donors (Lipinski definition) is 3. The van der Waals surface area contributed by atoms with Gasteiger partial charge in [0.25, 0.3) is 0 Å². The lowest BCUT2D eigenvalue weighted by Gasteiger charge is -2.25. The maximum absolute atomic E-state index is 12.9. The summed E-state index contributed by atoms with van der Waals surface area (Å²) in [5, 5.41) is 13.9. The second-order valence-corrected chi connectivity index (χ2v) is 21.1. The maximum Gasteiger partial charge on any atom is 0.472 e. The van der Waals surface area contributed by atoms with Crippen molar-refractivity contribution in [3.05, 3.63) is 24.3 Å². The number of hydrogen-bond acceptors (Lipinski definition) is 5. The number of quaternary nitrogens is 1. The molecule has 3 atom stereocenters. The van der Waals surface area contributed by atoms with Gasteiger partial charge in [-0.25, -0.2) is 4.57 Å². The topological polar surface area (TPSA) is 105 Å². The number of carbonyl (C=O) groups excluding carboxylic acids is 1. The minimum Gasteiger partial charge on any atom is -0.387 e. The molecule has 0 aromatic heterocycles. The zero-order valence-corrected chi connectivity index (χ0v) is 42.8. The molecular formula is C53H106N2O6P+. The Balaban J connectivity index is 4.17. The summed E-state index contributed by atoms with van der Waals surface area (Å²) in [7, 11) is 1.58. The van der Waals surface area contributed by atoms with Crippen molar-refractivity contribution in [3.8, 4) is 0 Å². The summed E-state index contributed by atoms with van der Waals surface area (Å²) in [5.41, 5.74) is 0. The number of allylic oxidation sites excluding steroid dienone is 3. The molecule has 0 saturated heterocycles. The predicted molar refractivity (Wildman–Crippen MR) is 268 cm³/mol. The summed E-state index contributed by atoms with van der Waals surface area (Å²) in [4.78, 5) is 23.2. The first-order valence-electron chi connectivity index (χ1n) is 26.7. The molecule has 0 fully saturated rings. The number of carbonyl (C=O) groups is 1. The van der Waals surface area contributed by atoms with Gasteiger partial charge in [0.2, 0.25) is 5.91 Å². The molecule has 0 heterocycles. The number of aliphatic hydroxyl groups excluding tert-OH is 1. The number of phosphoric acid groups is 1. The van der Waals surface area contributed by atoms with Crippen LogP contribution < -0.4 is 5.32 Å². The summed E-state index contributed by atoms with van der Waals surface area (Å²) in [6, 6.07) is -0.844. The third-order valence-electron chi connectivity index (χ3n) is 12.2. The zero-order valence-electron chi connectivity index (χ0n) is 41.9. The van der Waals surface area contributed by atoms with Crippen LogP contribution in [0.4, 0.5) is 0 Å². The lowest BCUT2D eigenvalue weighted by Crippen LogP contribution is -2.45. The van der Waals surface area contributed by atoms with Gasteiger partial charge in [-0.2, -0.15) is 0 Å². The number of rotatable bonds is 49. The van der Waals surface area contributed by atoms with Crippen LogP contribution in [0, 0.1) is 0 Å². The van der Waals surface area contributed by atoms with E-state index in [-0.39, 0.29) is 19.1 Å². The summed E-state index contributed by atoms with van der Waals surface area (Å²) in [6.45, 7) is 4.84. The quantitative estimate of drug-likeness (QED) is 0.0243. The largest absolute Gasteiger partial charge is 0.472 e. The number of amides is 1. The standard InChI is InChI=1S/C53H105N2O6P/c1-6-8-10-12-14-16-18-20-22-23-24-25-26-27-28-29-30-31-32-33-35-37-39-41-43-45-47-53(57)54-51(50-61-62(58,59)60-49-48-55(3,4)5)52(56)46-44-42-40-38-36-34-21-19-17-15-13-11-9-7-2/h27-28,44,46,51-52,56H,6-26,29-43,45,47-50H2,1-5H3,(H-,54,57,58,59)/p+1/b28-27-,46-44+. The Bertz CT molecular complexity index is 1060. The first-order chi connectivity index (χ1) is 30.0. The van der Waals surface area contributed by atoms with Crippen LogP contribution in [-0.4, -0.2) is 73.4 Å². The highest BCUT2D eigenvalue weighted by atomic mass is 31.2. The van der Waals surface area contributed by atoms with Crippen molar-refractivity contribution in [2.75, 3.05) is 40.9 Å². The molecule has 3 unspecified atom stereocenters. The SMILES string of the molecule is CCCCCCCCCCCCCC/C=C\CCCCCCCCCCCCC(=O)NC(COP(=O)(O)OCC[N+](C)(C)C)C(O)/C=C/CCCCCCCCCCCCCC. The van der Waals surface area contributed by atoms with Gasteiger partial charge in [-0.05, 0) is 44.9 Å². The third-order valence-corrected chi connectivity index (χ3v) is 13.1. The van der Waals surface area contributed by atoms with Crippen LogP contribution in [0.2, 0.25) is 0 Å². The predicted octanol–water partition coefficient (Wildman–Crippen LogP) is 15.6. The van der Waals surface area contributed by atoms with Crippen LogP contribution in [-0.2, 0) is 18.4 Å². The Kier molecular flexibility index (Phi) is 44.4. The Labute approximate surface area is 385 Å². The van der Waals surface area contributed by atoms with E-state index in [1.54, 1.807) is 6.08 Å². The van der Waals surface area contributed by atoms with Gasteiger partial charge in [-0.15, -0.1) is 0 Å². The summed E-state index contributed by atoms with van der Waals surface area (Å²) < 4.78 is 23.6. The second kappa shape index (κ2) is 45.1. The van der Waals surface area contributed by atoms with Crippen molar-refractivity contribution in [1.82, 2.24) is 5.32 Å². The van der Waals surface area contributed by atoms with Gasteiger partial charge in [0.05, 0.1) is 39.9 Å². The van der Waals surface area contributed by atoms with Crippen LogP contribution in [0.1, 0.15) is 258 Å². The maximum atomic E-state index is 12.9. The molecule has 62 heavy (non-hydrogen) atoms. The molecular weight excluding hydrogens is 792 g/mol. The van der Waals surface area contributed by atoms with E-state index in [9.17, 15) is 19.4 Å². The highest BCUT2D eigenvalue weighted by Crippen LogP contribution is 2.43. The van der Waals surface area contributed by atoms with Gasteiger partial charge >= 0.3 is 7.82 Å². The minimum atomic E-state index is -4.34. The van der Waals surface area contributed by atoms with Crippen LogP contribution in [0.15, 0.2) is 24.3 Å². The summed E-state index contributed by atoms with van der Waals surface area (Å²) in [5.74, 6) is -0.176. The number of nitrogens with zero attached hydrogens (tertiary/aromatic N) is 1. The monoisotopic (exact) mass is 898 g/mol. The highest BCUT2D eigenvalue weighted by Gasteiger charge is 2.27. The van der Waals surface area contributed by atoms with Gasteiger partial charge in [0.15, 0.2) is 0 Å². The van der Waals surface area contributed by atoms with E-state index in [0.29, 0.717) is 17.4 Å². The van der Waals surface area contributed by atoms with Crippen LogP contribution >= 0.6 is 7.82 Å². The number of phosphoric ester groups is 1. The second-order valence-electron chi connectivity index (χ2n) is 19.6. The fourth-order valence-corrected chi connectivity index (χ4v) is 8.66. The molecule has 0 saturated carbocycles. The smallest absolute Gasteiger partial charge is 0.387 e. The molecule has 368 valence electrons. The van der Waals surface area contributed by atoms with Gasteiger partial charge in [-0.3, -0.25) is 13.8 Å². The van der Waals surface area contributed by atoms with E-state index in [2.05, 4.69) is 31.3 Å². The molecule has 8 nitrogen and oxygen atoms in total. The number of likely N-dealkylation sites (N-methyl/N-ethyl adjacent to an activating group) is 1. The van der Waals surface area contributed by atoms with Crippen molar-refractivity contribution in [3.63, 3.8) is 0 Å². The lowest BCUT2D eigenvalue weighted by atomic mass is 10.0. The van der Waals surface area contributed by atoms with Crippen molar-refractivity contribution in [2.45, 2.75) is 270 Å². The van der Waals surface area contributed by atoms with Crippen molar-refractivity contribution < 1.29 is 32.9 Å². The average molecular weight is 898 g/mol. The van der Waals surface area contributed by atoms with Crippen molar-refractivity contribution in [2.24, 2.45) is 0 Å². The van der Waals surface area contributed by atoms with E-state index < -0.39 is 20.0 Å². The molecule has 0 rings (SSSR count). The van der Waals surface area contributed by atoms with Crippen LogP contribution in [0.5, 0.6) is 0 Å². The Morgan fingerprint density at radius 2 is 0.871 bits per heavy atom. The molecule has 0 aliphatic heterocycles. The fourth-order valence-electron chi connectivity index (χ4n) is 7.92. The van der Waals surface area contributed by atoms with E-state index in [1.807, 2.05) is 27.2 Å². The molecule has 0 aromatic rings. The van der Waals surface area contributed by atoms with Gasteiger partial charge in [-0.1, -0.05) is 231 Å². The number of unbranched alkanes of at least 4 members (excludes halogenated alkanes) is 34. The highest BCUT2D eigenvalue weighted by molar-refractivity contribution is 7.47. The molecule has 0 bridgehead atoms. The minimum absolute atomic E-state index is 0.0627. The first-order valence-corrected chi connectivity index (χ1v) is 28.2. The fraction of sp³-hybridized carbons (Fsp3) is 0.906. The van der Waals surface area contributed by atoms with E-state index in [1.165, 1.54) is 199 Å².